The number of hydrogen-bond acceptors (Lipinski definition) is 6. The molecule has 6 nitrogen and oxygen atoms in total. The molecule has 2 aromatic rings. The summed E-state index contributed by atoms with van der Waals surface area (Å²) in [6.45, 7) is 2.25. The van der Waals surface area contributed by atoms with Gasteiger partial charge in [-0.15, -0.1) is 0 Å². The molecule has 0 aliphatic heterocycles. The molecule has 0 saturated carbocycles. The van der Waals surface area contributed by atoms with Crippen LogP contribution in [0.5, 0.6) is 11.5 Å². The predicted molar refractivity (Wildman–Crippen MR) is 99.2 cm³/mol. The zero-order valence-electron chi connectivity index (χ0n) is 13.9. The van der Waals surface area contributed by atoms with E-state index in [1.807, 2.05) is 12.1 Å². The molecule has 0 aromatic heterocycles. The van der Waals surface area contributed by atoms with Crippen molar-refractivity contribution in [2.45, 2.75) is 0 Å². The van der Waals surface area contributed by atoms with Crippen LogP contribution in [0.3, 0.4) is 0 Å². The van der Waals surface area contributed by atoms with Crippen molar-refractivity contribution in [2.75, 3.05) is 26.2 Å². The first-order valence-electron chi connectivity index (χ1n) is 7.64. The van der Waals surface area contributed by atoms with Crippen LogP contribution in [0.25, 0.3) is 0 Å². The molecule has 0 heterocycles. The van der Waals surface area contributed by atoms with E-state index in [0.29, 0.717) is 26.2 Å². The third kappa shape index (κ3) is 9.63. The number of rotatable bonds is 6. The van der Waals surface area contributed by atoms with Crippen molar-refractivity contribution in [1.82, 2.24) is 0 Å². The third-order valence-corrected chi connectivity index (χ3v) is 2.85. The Balaban J connectivity index is 0.000000443. The second-order valence-corrected chi connectivity index (χ2v) is 4.77. The number of benzene rings is 2. The zero-order valence-corrected chi connectivity index (χ0v) is 14.9. The first-order valence-corrected chi connectivity index (χ1v) is 7.64. The Kier molecular flexibility index (Phi) is 12.9. The van der Waals surface area contributed by atoms with Crippen molar-refractivity contribution in [1.29, 1.82) is 0 Å². The van der Waals surface area contributed by atoms with Gasteiger partial charge in [0.25, 0.3) is 0 Å². The third-order valence-electron chi connectivity index (χ3n) is 2.85. The fraction of sp³-hybridized carbons (Fsp3) is 0.222. The maximum absolute atomic E-state index is 9.29. The van der Waals surface area contributed by atoms with Crippen LogP contribution in [0.4, 0.5) is 0 Å². The maximum atomic E-state index is 9.29. The van der Waals surface area contributed by atoms with E-state index >= 15 is 0 Å². The summed E-state index contributed by atoms with van der Waals surface area (Å²) in [6, 6.07) is 14.1. The monoisotopic (exact) mass is 387 g/mol. The molecule has 0 bridgehead atoms. The van der Waals surface area contributed by atoms with Gasteiger partial charge in [0.2, 0.25) is 0 Å². The van der Waals surface area contributed by atoms with Gasteiger partial charge >= 0.3 is 0 Å². The summed E-state index contributed by atoms with van der Waals surface area (Å²) in [7, 11) is 0. The van der Waals surface area contributed by atoms with Crippen LogP contribution in [-0.2, 0) is 16.8 Å². The Morgan fingerprint density at radius 1 is 0.720 bits per heavy atom. The summed E-state index contributed by atoms with van der Waals surface area (Å²) in [6.07, 6.45) is 3.25. The molecule has 0 aliphatic carbocycles. The zero-order chi connectivity index (χ0) is 17.6. The minimum Gasteiger partial charge on any atom is -0.507 e. The van der Waals surface area contributed by atoms with E-state index in [-0.39, 0.29) is 28.3 Å². The summed E-state index contributed by atoms with van der Waals surface area (Å²) in [5.74, 6) is 0.497. The fourth-order valence-corrected chi connectivity index (χ4v) is 1.67. The minimum atomic E-state index is 0. The number of hydrogen-bond donors (Lipinski definition) is 4. The molecule has 25 heavy (non-hydrogen) atoms. The van der Waals surface area contributed by atoms with Crippen LogP contribution in [-0.4, -0.2) is 48.8 Å². The number of aliphatic imine (C=N–C) groups is 2. The van der Waals surface area contributed by atoms with Crippen molar-refractivity contribution in [3.63, 3.8) is 0 Å². The van der Waals surface area contributed by atoms with Crippen LogP contribution in [0.1, 0.15) is 11.1 Å². The van der Waals surface area contributed by atoms with Crippen molar-refractivity contribution >= 4 is 12.4 Å². The summed E-state index contributed by atoms with van der Waals surface area (Å²) in [4.78, 5) is 8.02. The summed E-state index contributed by atoms with van der Waals surface area (Å²) in [5, 5.41) is 18.6. The molecule has 137 valence electrons. The minimum absolute atomic E-state index is 0. The van der Waals surface area contributed by atoms with Crippen LogP contribution in [0.15, 0.2) is 58.5 Å². The van der Waals surface area contributed by atoms with Gasteiger partial charge in [-0.2, -0.15) is 0 Å². The SMILES string of the molecule is NCCN=Cc1ccccc1O.NCCN=Cc1ccccc1O.[Co]. The number of phenolic OH excluding ortho intramolecular Hbond substituents is 2. The molecule has 0 unspecified atom stereocenters. The number of phenols is 2. The standard InChI is InChI=1S/2C9H12N2O.Co/c2*10-5-6-11-7-8-3-1-2-4-9(8)12;/h2*1-4,7,12H,5-6,10H2;. The summed E-state index contributed by atoms with van der Waals surface area (Å²) >= 11 is 0. The molecule has 0 fully saturated rings. The molecule has 7 heteroatoms. The van der Waals surface area contributed by atoms with Crippen LogP contribution in [0, 0.1) is 0 Å². The van der Waals surface area contributed by atoms with Gasteiger partial charge < -0.3 is 21.7 Å². The second kappa shape index (κ2) is 14.2. The predicted octanol–water partition coefficient (Wildman–Crippen LogP) is 1.54. The molecule has 2 aromatic carbocycles. The van der Waals surface area contributed by atoms with Gasteiger partial charge in [-0.25, -0.2) is 0 Å². The van der Waals surface area contributed by atoms with E-state index in [4.69, 9.17) is 11.5 Å². The van der Waals surface area contributed by atoms with Crippen LogP contribution < -0.4 is 11.5 Å². The number of aromatic hydroxyl groups is 2. The Morgan fingerprint density at radius 2 is 1.08 bits per heavy atom. The molecular formula is C18H24CoN4O2. The quantitative estimate of drug-likeness (QED) is 0.563. The first kappa shape index (κ1) is 22.8. The largest absolute Gasteiger partial charge is 0.507 e. The Morgan fingerprint density at radius 3 is 1.40 bits per heavy atom. The second-order valence-electron chi connectivity index (χ2n) is 4.77. The average molecular weight is 387 g/mol. The van der Waals surface area contributed by atoms with E-state index in [9.17, 15) is 10.2 Å². The number of nitrogens with two attached hydrogens (primary N) is 2. The summed E-state index contributed by atoms with van der Waals surface area (Å²) < 4.78 is 0. The van der Waals surface area contributed by atoms with Gasteiger partial charge in [0.1, 0.15) is 11.5 Å². The Labute approximate surface area is 158 Å². The first-order chi connectivity index (χ1) is 11.7. The van der Waals surface area contributed by atoms with E-state index in [1.165, 1.54) is 0 Å². The van der Waals surface area contributed by atoms with E-state index in [2.05, 4.69) is 9.98 Å². The smallest absolute Gasteiger partial charge is 0.124 e. The number of para-hydroxylation sites is 2. The number of nitrogens with zero attached hydrogens (tertiary/aromatic N) is 2. The van der Waals surface area contributed by atoms with Gasteiger partial charge in [0.05, 0.1) is 13.1 Å². The van der Waals surface area contributed by atoms with Crippen LogP contribution >= 0.6 is 0 Å². The molecule has 0 atom stereocenters. The Hall–Kier alpha value is -2.19. The molecule has 0 saturated heterocycles. The van der Waals surface area contributed by atoms with Crippen LogP contribution in [0.2, 0.25) is 0 Å². The topological polar surface area (TPSA) is 117 Å². The maximum Gasteiger partial charge on any atom is 0.124 e. The van der Waals surface area contributed by atoms with E-state index < -0.39 is 0 Å². The van der Waals surface area contributed by atoms with Crippen molar-refractivity contribution in [2.24, 2.45) is 21.5 Å². The van der Waals surface area contributed by atoms with Crippen molar-refractivity contribution < 1.29 is 27.0 Å². The Bertz CT molecular complexity index is 606. The van der Waals surface area contributed by atoms with E-state index in [0.717, 1.165) is 11.1 Å². The molecular weight excluding hydrogens is 363 g/mol. The fourth-order valence-electron chi connectivity index (χ4n) is 1.67. The van der Waals surface area contributed by atoms with Gasteiger partial charge in [0, 0.05) is 53.4 Å². The van der Waals surface area contributed by atoms with Crippen molar-refractivity contribution in [3.8, 4) is 11.5 Å². The molecule has 0 aliphatic rings. The van der Waals surface area contributed by atoms with Gasteiger partial charge in [-0.3, -0.25) is 9.98 Å². The van der Waals surface area contributed by atoms with Gasteiger partial charge in [0.15, 0.2) is 0 Å². The van der Waals surface area contributed by atoms with Crippen molar-refractivity contribution in [3.05, 3.63) is 59.7 Å². The summed E-state index contributed by atoms with van der Waals surface area (Å²) in [5.41, 5.74) is 12.0. The normalized spacial score (nSPS) is 10.3. The molecule has 0 spiro atoms. The molecule has 6 N–H and O–H groups in total. The molecule has 0 amide bonds. The van der Waals surface area contributed by atoms with Gasteiger partial charge in [-0.05, 0) is 24.3 Å². The average Bonchev–Trinajstić information content (AvgIpc) is 2.59. The molecule has 1 radical (unpaired) electrons. The van der Waals surface area contributed by atoms with E-state index in [1.54, 1.807) is 48.8 Å². The molecule has 2 rings (SSSR count). The van der Waals surface area contributed by atoms with Gasteiger partial charge in [-0.1, -0.05) is 24.3 Å².